The molecule has 9 heteroatoms. The number of ether oxygens (including phenoxy) is 1. The molecule has 1 amide bonds. The van der Waals surface area contributed by atoms with E-state index in [0.717, 1.165) is 16.3 Å². The van der Waals surface area contributed by atoms with Gasteiger partial charge in [0.05, 0.1) is 19.2 Å². The van der Waals surface area contributed by atoms with E-state index in [9.17, 15) is 9.59 Å². The van der Waals surface area contributed by atoms with E-state index in [1.54, 1.807) is 11.9 Å². The molecule has 0 saturated heterocycles. The minimum Gasteiger partial charge on any atom is -0.469 e. The van der Waals surface area contributed by atoms with Crippen molar-refractivity contribution in [1.29, 1.82) is 0 Å². The number of rotatable bonds is 7. The van der Waals surface area contributed by atoms with E-state index in [1.807, 2.05) is 58.0 Å². The fourth-order valence-electron chi connectivity index (χ4n) is 3.01. The molecule has 0 saturated carbocycles. The van der Waals surface area contributed by atoms with Crippen LogP contribution < -0.4 is 4.90 Å². The van der Waals surface area contributed by atoms with E-state index in [-0.39, 0.29) is 18.7 Å². The van der Waals surface area contributed by atoms with Crippen LogP contribution in [0.3, 0.4) is 0 Å². The number of nitrogens with zero attached hydrogens (tertiary/aromatic N) is 4. The van der Waals surface area contributed by atoms with Crippen LogP contribution in [0.2, 0.25) is 0 Å². The summed E-state index contributed by atoms with van der Waals surface area (Å²) in [5.41, 5.74) is 2.06. The summed E-state index contributed by atoms with van der Waals surface area (Å²) in [5, 5.41) is 13.7. The zero-order valence-electron chi connectivity index (χ0n) is 18.7. The lowest BCUT2D eigenvalue weighted by molar-refractivity contribution is -0.141. The Morgan fingerprint density at radius 3 is 2.39 bits per heavy atom. The van der Waals surface area contributed by atoms with Crippen molar-refractivity contribution in [3.63, 3.8) is 0 Å². The van der Waals surface area contributed by atoms with Gasteiger partial charge >= 0.3 is 5.97 Å². The van der Waals surface area contributed by atoms with E-state index in [2.05, 4.69) is 15.4 Å². The predicted octanol–water partition coefficient (Wildman–Crippen LogP) is 4.54. The maximum absolute atomic E-state index is 12.9. The second-order valence-electron chi connectivity index (χ2n) is 6.62. The zero-order chi connectivity index (χ0) is 23.0. The first-order valence-corrected chi connectivity index (χ1v) is 10.9. The van der Waals surface area contributed by atoms with Gasteiger partial charge in [-0.2, -0.15) is 0 Å². The van der Waals surface area contributed by atoms with Crippen molar-refractivity contribution in [3.8, 4) is 10.8 Å². The van der Waals surface area contributed by atoms with E-state index in [4.69, 9.17) is 9.26 Å². The smallest absolute Gasteiger partial charge is 0.306 e. The molecule has 31 heavy (non-hydrogen) atoms. The Morgan fingerprint density at radius 2 is 1.81 bits per heavy atom. The molecule has 1 unspecified atom stereocenters. The highest BCUT2D eigenvalue weighted by atomic mass is 32.1. The van der Waals surface area contributed by atoms with Crippen LogP contribution in [0.25, 0.3) is 10.8 Å². The number of aromatic nitrogens is 3. The van der Waals surface area contributed by atoms with Crippen molar-refractivity contribution in [1.82, 2.24) is 15.4 Å². The fraction of sp³-hybridized carbons (Fsp3) is 0.409. The summed E-state index contributed by atoms with van der Waals surface area (Å²) in [5.74, 6) is -0.529. The summed E-state index contributed by atoms with van der Waals surface area (Å²) < 4.78 is 10.3. The molecule has 0 aliphatic carbocycles. The summed E-state index contributed by atoms with van der Waals surface area (Å²) in [7, 11) is 3.03. The van der Waals surface area contributed by atoms with Crippen molar-refractivity contribution >= 4 is 28.9 Å². The van der Waals surface area contributed by atoms with Crippen LogP contribution in [0.5, 0.6) is 0 Å². The third-order valence-electron chi connectivity index (χ3n) is 4.65. The number of methoxy groups -OCH3 is 1. The van der Waals surface area contributed by atoms with Crippen LogP contribution in [-0.2, 0) is 14.3 Å². The lowest BCUT2D eigenvalue weighted by Gasteiger charge is -2.20. The normalized spacial score (nSPS) is 11.3. The summed E-state index contributed by atoms with van der Waals surface area (Å²) in [6.45, 7) is 7.69. The van der Waals surface area contributed by atoms with Gasteiger partial charge in [0.15, 0.2) is 5.01 Å². The number of benzene rings is 1. The van der Waals surface area contributed by atoms with Crippen molar-refractivity contribution in [2.45, 2.75) is 46.5 Å². The third-order valence-corrected chi connectivity index (χ3v) is 5.48. The molecule has 1 atom stereocenters. The lowest BCUT2D eigenvalue weighted by atomic mass is 9.93. The van der Waals surface area contributed by atoms with Gasteiger partial charge in [-0.3, -0.25) is 9.59 Å². The van der Waals surface area contributed by atoms with Gasteiger partial charge in [-0.05, 0) is 26.0 Å². The Labute approximate surface area is 186 Å². The molecule has 0 N–H and O–H groups in total. The summed E-state index contributed by atoms with van der Waals surface area (Å²) in [6.07, 6.45) is 0.106. The summed E-state index contributed by atoms with van der Waals surface area (Å²) in [4.78, 5) is 26.4. The van der Waals surface area contributed by atoms with E-state index in [1.165, 1.54) is 18.4 Å². The minimum absolute atomic E-state index is 0.0207. The molecule has 166 valence electrons. The number of hydrogen-bond donors (Lipinski definition) is 0. The number of para-hydroxylation sites is 1. The van der Waals surface area contributed by atoms with Crippen LogP contribution in [-0.4, -0.2) is 41.4 Å². The van der Waals surface area contributed by atoms with Gasteiger partial charge in [0.2, 0.25) is 11.7 Å². The molecule has 3 aromatic rings. The molecule has 2 heterocycles. The van der Waals surface area contributed by atoms with Gasteiger partial charge in [0, 0.05) is 30.6 Å². The molecule has 0 aliphatic rings. The Hall–Kier alpha value is -3.07. The molecule has 0 aliphatic heterocycles. The summed E-state index contributed by atoms with van der Waals surface area (Å²) >= 11 is 1.39. The third kappa shape index (κ3) is 5.97. The van der Waals surface area contributed by atoms with Crippen molar-refractivity contribution < 1.29 is 18.8 Å². The maximum atomic E-state index is 12.9. The quantitative estimate of drug-likeness (QED) is 0.494. The Balaban J connectivity index is 0.00000166. The molecule has 0 fully saturated rings. The molecule has 8 nitrogen and oxygen atoms in total. The number of anilines is 1. The van der Waals surface area contributed by atoms with Crippen LogP contribution in [0.1, 0.15) is 48.9 Å². The predicted molar refractivity (Wildman–Crippen MR) is 120 cm³/mol. The average Bonchev–Trinajstić information content (AvgIpc) is 3.39. The highest BCUT2D eigenvalue weighted by molar-refractivity contribution is 7.14. The van der Waals surface area contributed by atoms with Crippen LogP contribution in [0, 0.1) is 13.8 Å². The van der Waals surface area contributed by atoms with Gasteiger partial charge in [-0.1, -0.05) is 48.5 Å². The molecule has 0 spiro atoms. The van der Waals surface area contributed by atoms with Gasteiger partial charge in [-0.15, -0.1) is 10.2 Å². The summed E-state index contributed by atoms with van der Waals surface area (Å²) in [6, 6.07) is 9.32. The molecular formula is C22H28N4O4S. The molecule has 1 aromatic carbocycles. The Kier molecular flexibility index (Phi) is 8.87. The fourth-order valence-corrected chi connectivity index (χ4v) is 3.74. The van der Waals surface area contributed by atoms with Crippen LogP contribution in [0.4, 0.5) is 5.69 Å². The minimum atomic E-state index is -0.479. The number of hydrogen-bond acceptors (Lipinski definition) is 8. The largest absolute Gasteiger partial charge is 0.469 e. The van der Waals surface area contributed by atoms with E-state index >= 15 is 0 Å². The zero-order valence-corrected chi connectivity index (χ0v) is 19.5. The maximum Gasteiger partial charge on any atom is 0.306 e. The number of carbonyl (C=O) groups excluding carboxylic acids is 2. The highest BCUT2D eigenvalue weighted by Crippen LogP contribution is 2.34. The van der Waals surface area contributed by atoms with E-state index < -0.39 is 11.9 Å². The van der Waals surface area contributed by atoms with Crippen LogP contribution in [0.15, 0.2) is 34.9 Å². The van der Waals surface area contributed by atoms with Crippen LogP contribution >= 0.6 is 11.3 Å². The van der Waals surface area contributed by atoms with Gasteiger partial charge in [0.25, 0.3) is 0 Å². The molecule has 0 bridgehead atoms. The second-order valence-corrected chi connectivity index (χ2v) is 7.80. The molecule has 2 aromatic heterocycles. The molecule has 3 rings (SSSR count). The van der Waals surface area contributed by atoms with Crippen molar-refractivity contribution in [3.05, 3.63) is 46.6 Å². The monoisotopic (exact) mass is 444 g/mol. The number of esters is 1. The lowest BCUT2D eigenvalue weighted by Crippen LogP contribution is -2.28. The standard InChI is InChI=1S/C20H22N4O4S.C2H6/c1-12-18(23-28-19(12)20-22-21-13(2)29-20)14(11-17(26)27-4)10-16(25)24(3)15-8-6-5-7-9-15;1-2/h5-9,14H,10-11H2,1-4H3;1-2H3. The van der Waals surface area contributed by atoms with Gasteiger partial charge in [-0.25, -0.2) is 0 Å². The first-order chi connectivity index (χ1) is 14.9. The molecular weight excluding hydrogens is 416 g/mol. The topological polar surface area (TPSA) is 98.4 Å². The van der Waals surface area contributed by atoms with Gasteiger partial charge in [0.1, 0.15) is 5.01 Å². The van der Waals surface area contributed by atoms with Gasteiger partial charge < -0.3 is 14.2 Å². The first kappa shape index (κ1) is 24.2. The average molecular weight is 445 g/mol. The Morgan fingerprint density at radius 1 is 1.13 bits per heavy atom. The number of aryl methyl sites for hydroxylation is 1. The highest BCUT2D eigenvalue weighted by Gasteiger charge is 2.29. The first-order valence-electron chi connectivity index (χ1n) is 10.1. The van der Waals surface area contributed by atoms with E-state index in [0.29, 0.717) is 16.5 Å². The number of carbonyl (C=O) groups is 2. The second kappa shape index (κ2) is 11.4. The van der Waals surface area contributed by atoms with Crippen molar-refractivity contribution in [2.75, 3.05) is 19.1 Å². The van der Waals surface area contributed by atoms with Crippen molar-refractivity contribution in [2.24, 2.45) is 0 Å². The molecule has 0 radical (unpaired) electrons. The Bertz CT molecular complexity index is 1000. The SMILES string of the molecule is CC.COC(=O)CC(CC(=O)N(C)c1ccccc1)c1noc(-c2nnc(C)s2)c1C. The number of amides is 1.